The zero-order valence-electron chi connectivity index (χ0n) is 10.0. The van der Waals surface area contributed by atoms with E-state index in [0.29, 0.717) is 12.0 Å². The number of carbonyl (C=O) groups is 1. The molecular weight excluding hydrogens is 210 g/mol. The molecule has 2 atom stereocenters. The lowest BCUT2D eigenvalue weighted by Gasteiger charge is -2.31. The second-order valence-electron chi connectivity index (χ2n) is 4.28. The van der Waals surface area contributed by atoms with Crippen LogP contribution in [0.5, 0.6) is 0 Å². The number of nitrogens with zero attached hydrogens (tertiary/aromatic N) is 1. The summed E-state index contributed by atoms with van der Waals surface area (Å²) >= 11 is 1.81. The molecule has 0 radical (unpaired) electrons. The van der Waals surface area contributed by atoms with E-state index in [9.17, 15) is 4.79 Å². The van der Waals surface area contributed by atoms with Gasteiger partial charge in [0.15, 0.2) is 0 Å². The summed E-state index contributed by atoms with van der Waals surface area (Å²) in [4.78, 5) is 13.8. The molecule has 0 aromatic carbocycles. The third-order valence-electron chi connectivity index (χ3n) is 3.05. The Kier molecular flexibility index (Phi) is 4.93. The van der Waals surface area contributed by atoms with E-state index in [2.05, 4.69) is 18.1 Å². The van der Waals surface area contributed by atoms with E-state index in [1.807, 2.05) is 18.8 Å². The summed E-state index contributed by atoms with van der Waals surface area (Å²) in [6, 6.07) is 0.391. The number of rotatable bonds is 6. The average molecular weight is 231 g/mol. The SMILES string of the molecule is COC(=O)C(C1CC1)N(C)C(C)CSC. The van der Waals surface area contributed by atoms with Crippen molar-refractivity contribution in [1.82, 2.24) is 4.90 Å². The molecule has 0 aromatic heterocycles. The van der Waals surface area contributed by atoms with Crippen LogP contribution in [0.15, 0.2) is 0 Å². The van der Waals surface area contributed by atoms with Crippen molar-refractivity contribution in [2.24, 2.45) is 5.92 Å². The second-order valence-corrected chi connectivity index (χ2v) is 5.19. The average Bonchev–Trinajstić information content (AvgIpc) is 3.02. The first-order valence-corrected chi connectivity index (χ1v) is 6.79. The summed E-state index contributed by atoms with van der Waals surface area (Å²) in [5, 5.41) is 0. The molecule has 1 aliphatic carbocycles. The molecule has 15 heavy (non-hydrogen) atoms. The number of methoxy groups -OCH3 is 1. The lowest BCUT2D eigenvalue weighted by molar-refractivity contribution is -0.148. The molecule has 0 bridgehead atoms. The lowest BCUT2D eigenvalue weighted by Crippen LogP contribution is -2.46. The Morgan fingerprint density at radius 2 is 2.20 bits per heavy atom. The molecule has 1 rings (SSSR count). The summed E-state index contributed by atoms with van der Waals surface area (Å²) in [5.74, 6) is 1.50. The largest absolute Gasteiger partial charge is 0.468 e. The number of hydrogen-bond acceptors (Lipinski definition) is 4. The van der Waals surface area contributed by atoms with Crippen molar-refractivity contribution >= 4 is 17.7 Å². The molecule has 0 saturated heterocycles. The van der Waals surface area contributed by atoms with Gasteiger partial charge in [-0.05, 0) is 39.0 Å². The minimum absolute atomic E-state index is 0.0304. The normalized spacial score (nSPS) is 20.1. The molecule has 88 valence electrons. The summed E-state index contributed by atoms with van der Waals surface area (Å²) < 4.78 is 4.88. The molecule has 2 unspecified atom stereocenters. The number of carbonyl (C=O) groups excluding carboxylic acids is 1. The smallest absolute Gasteiger partial charge is 0.323 e. The number of ether oxygens (including phenoxy) is 1. The highest BCUT2D eigenvalue weighted by atomic mass is 32.2. The molecule has 0 N–H and O–H groups in total. The van der Waals surface area contributed by atoms with Gasteiger partial charge in [-0.1, -0.05) is 0 Å². The standard InChI is InChI=1S/C11H21NO2S/c1-8(7-15-4)12(2)10(9-5-6-9)11(13)14-3/h8-10H,5-7H2,1-4H3. The maximum Gasteiger partial charge on any atom is 0.323 e. The van der Waals surface area contributed by atoms with Crippen LogP contribution in [0.3, 0.4) is 0 Å². The lowest BCUT2D eigenvalue weighted by atomic mass is 10.1. The Labute approximate surface area is 96.5 Å². The second kappa shape index (κ2) is 5.75. The van der Waals surface area contributed by atoms with Gasteiger partial charge in [0.25, 0.3) is 0 Å². The van der Waals surface area contributed by atoms with Crippen molar-refractivity contribution in [1.29, 1.82) is 0 Å². The highest BCUT2D eigenvalue weighted by molar-refractivity contribution is 7.98. The van der Waals surface area contributed by atoms with E-state index < -0.39 is 0 Å². The monoisotopic (exact) mass is 231 g/mol. The molecule has 0 amide bonds. The summed E-state index contributed by atoms with van der Waals surface area (Å²) in [5.41, 5.74) is 0. The molecule has 1 saturated carbocycles. The van der Waals surface area contributed by atoms with Crippen LogP contribution in [0.25, 0.3) is 0 Å². The Morgan fingerprint density at radius 1 is 1.60 bits per heavy atom. The fourth-order valence-electron chi connectivity index (χ4n) is 1.86. The molecule has 0 aliphatic heterocycles. The van der Waals surface area contributed by atoms with E-state index in [1.54, 1.807) is 0 Å². The quantitative estimate of drug-likeness (QED) is 0.650. The van der Waals surface area contributed by atoms with Gasteiger partial charge in [0.2, 0.25) is 0 Å². The third-order valence-corrected chi connectivity index (χ3v) is 3.87. The van der Waals surface area contributed by atoms with Gasteiger partial charge in [-0.2, -0.15) is 11.8 Å². The zero-order chi connectivity index (χ0) is 11.4. The first-order valence-electron chi connectivity index (χ1n) is 5.40. The first-order chi connectivity index (χ1) is 7.11. The van der Waals surface area contributed by atoms with Crippen LogP contribution in [0.2, 0.25) is 0 Å². The molecule has 0 heterocycles. The van der Waals surface area contributed by atoms with E-state index in [0.717, 1.165) is 18.6 Å². The third kappa shape index (κ3) is 3.38. The Bertz CT molecular complexity index is 219. The summed E-state index contributed by atoms with van der Waals surface area (Å²) in [7, 11) is 3.51. The molecule has 4 heteroatoms. The maximum atomic E-state index is 11.7. The zero-order valence-corrected chi connectivity index (χ0v) is 10.8. The van der Waals surface area contributed by atoms with Gasteiger partial charge in [0.1, 0.15) is 6.04 Å². The van der Waals surface area contributed by atoms with Gasteiger partial charge in [-0.25, -0.2) is 0 Å². The Balaban J connectivity index is 2.58. The van der Waals surface area contributed by atoms with Crippen LogP contribution in [0, 0.1) is 5.92 Å². The van der Waals surface area contributed by atoms with Crippen LogP contribution in [0.1, 0.15) is 19.8 Å². The summed E-state index contributed by atoms with van der Waals surface area (Å²) in [6.07, 6.45) is 4.42. The number of thioether (sulfide) groups is 1. The van der Waals surface area contributed by atoms with Crippen molar-refractivity contribution in [2.75, 3.05) is 26.2 Å². The molecular formula is C11H21NO2S. The molecule has 1 aliphatic rings. The Hall–Kier alpha value is -0.220. The minimum atomic E-state index is -0.0760. The predicted molar refractivity (Wildman–Crippen MR) is 64.1 cm³/mol. The number of likely N-dealkylation sites (N-methyl/N-ethyl adjacent to an activating group) is 1. The van der Waals surface area contributed by atoms with Crippen molar-refractivity contribution < 1.29 is 9.53 Å². The van der Waals surface area contributed by atoms with Gasteiger partial charge < -0.3 is 4.74 Å². The van der Waals surface area contributed by atoms with Gasteiger partial charge >= 0.3 is 5.97 Å². The first kappa shape index (κ1) is 12.8. The molecule has 3 nitrogen and oxygen atoms in total. The van der Waals surface area contributed by atoms with Crippen LogP contribution in [-0.2, 0) is 9.53 Å². The van der Waals surface area contributed by atoms with E-state index in [-0.39, 0.29) is 12.0 Å². The van der Waals surface area contributed by atoms with Crippen LogP contribution < -0.4 is 0 Å². The molecule has 0 aromatic rings. The van der Waals surface area contributed by atoms with Crippen molar-refractivity contribution in [3.8, 4) is 0 Å². The molecule has 0 spiro atoms. The topological polar surface area (TPSA) is 29.5 Å². The van der Waals surface area contributed by atoms with Crippen molar-refractivity contribution in [2.45, 2.75) is 31.8 Å². The van der Waals surface area contributed by atoms with E-state index in [1.165, 1.54) is 7.11 Å². The highest BCUT2D eigenvalue weighted by Crippen LogP contribution is 2.36. The van der Waals surface area contributed by atoms with Crippen molar-refractivity contribution in [3.63, 3.8) is 0 Å². The Morgan fingerprint density at radius 3 is 2.60 bits per heavy atom. The van der Waals surface area contributed by atoms with Crippen LogP contribution >= 0.6 is 11.8 Å². The fraction of sp³-hybridized carbons (Fsp3) is 0.909. The highest BCUT2D eigenvalue weighted by Gasteiger charge is 2.40. The van der Waals surface area contributed by atoms with Gasteiger partial charge in [0, 0.05) is 11.8 Å². The van der Waals surface area contributed by atoms with Gasteiger partial charge in [-0.15, -0.1) is 0 Å². The minimum Gasteiger partial charge on any atom is -0.468 e. The van der Waals surface area contributed by atoms with Crippen LogP contribution in [0.4, 0.5) is 0 Å². The fourth-order valence-corrected chi connectivity index (χ4v) is 2.57. The predicted octanol–water partition coefficient (Wildman–Crippen LogP) is 1.62. The number of esters is 1. The van der Waals surface area contributed by atoms with Crippen LogP contribution in [-0.4, -0.2) is 49.1 Å². The van der Waals surface area contributed by atoms with Gasteiger partial charge in [-0.3, -0.25) is 9.69 Å². The van der Waals surface area contributed by atoms with E-state index >= 15 is 0 Å². The molecule has 1 fully saturated rings. The maximum absolute atomic E-state index is 11.7. The van der Waals surface area contributed by atoms with Crippen molar-refractivity contribution in [3.05, 3.63) is 0 Å². The number of hydrogen-bond donors (Lipinski definition) is 0. The van der Waals surface area contributed by atoms with Gasteiger partial charge in [0.05, 0.1) is 7.11 Å². The van der Waals surface area contributed by atoms with E-state index in [4.69, 9.17) is 4.74 Å². The summed E-state index contributed by atoms with van der Waals surface area (Å²) in [6.45, 7) is 2.16.